The minimum atomic E-state index is -0.326. The van der Waals surface area contributed by atoms with Crippen LogP contribution in [0.25, 0.3) is 0 Å². The fourth-order valence-corrected chi connectivity index (χ4v) is 3.14. The van der Waals surface area contributed by atoms with E-state index in [1.54, 1.807) is 7.11 Å². The van der Waals surface area contributed by atoms with E-state index < -0.39 is 0 Å². The number of nitrogens with zero attached hydrogens (tertiary/aromatic N) is 1. The molecule has 1 aromatic carbocycles. The molecule has 1 heterocycles. The molecule has 1 aliphatic rings. The first-order chi connectivity index (χ1) is 11.1. The fraction of sp³-hybridized carbons (Fsp3) is 0.556. The number of benzene rings is 1. The summed E-state index contributed by atoms with van der Waals surface area (Å²) in [5.41, 5.74) is 0.990. The second kappa shape index (κ2) is 7.99. The predicted molar refractivity (Wildman–Crippen MR) is 89.1 cm³/mol. The summed E-state index contributed by atoms with van der Waals surface area (Å²) in [6, 6.07) is 7.47. The van der Waals surface area contributed by atoms with Crippen LogP contribution in [0, 0.1) is 5.92 Å². The van der Waals surface area contributed by atoms with Crippen molar-refractivity contribution < 1.29 is 14.3 Å². The number of nitrogens with one attached hydrogen (secondary N) is 1. The highest BCUT2D eigenvalue weighted by Gasteiger charge is 2.43. The van der Waals surface area contributed by atoms with Crippen molar-refractivity contribution in [3.8, 4) is 5.75 Å². The fourth-order valence-electron chi connectivity index (χ4n) is 3.14. The number of amides is 2. The molecule has 0 bridgehead atoms. The highest BCUT2D eigenvalue weighted by atomic mass is 16.5. The molecule has 2 atom stereocenters. The van der Waals surface area contributed by atoms with Gasteiger partial charge in [0.2, 0.25) is 11.8 Å². The van der Waals surface area contributed by atoms with Crippen molar-refractivity contribution in [2.45, 2.75) is 39.2 Å². The Morgan fingerprint density at radius 2 is 2.00 bits per heavy atom. The van der Waals surface area contributed by atoms with Crippen LogP contribution in [-0.2, 0) is 9.59 Å². The summed E-state index contributed by atoms with van der Waals surface area (Å²) in [5.74, 6) is 0.469. The summed E-state index contributed by atoms with van der Waals surface area (Å²) in [4.78, 5) is 26.7. The largest absolute Gasteiger partial charge is 0.497 e. The average Bonchev–Trinajstić information content (AvgIpc) is 2.90. The number of carbonyl (C=O) groups is 2. The minimum Gasteiger partial charge on any atom is -0.497 e. The van der Waals surface area contributed by atoms with Gasteiger partial charge in [0.05, 0.1) is 19.1 Å². The topological polar surface area (TPSA) is 58.6 Å². The van der Waals surface area contributed by atoms with Crippen molar-refractivity contribution >= 4 is 11.8 Å². The number of methoxy groups -OCH3 is 1. The van der Waals surface area contributed by atoms with Gasteiger partial charge in [-0.2, -0.15) is 0 Å². The molecular formula is C18H26N2O3. The maximum Gasteiger partial charge on any atom is 0.226 e. The van der Waals surface area contributed by atoms with Crippen molar-refractivity contribution in [3.05, 3.63) is 29.8 Å². The van der Waals surface area contributed by atoms with Crippen LogP contribution in [0.3, 0.4) is 0 Å². The summed E-state index contributed by atoms with van der Waals surface area (Å²) >= 11 is 0. The second-order valence-corrected chi connectivity index (χ2v) is 5.86. The average molecular weight is 318 g/mol. The van der Waals surface area contributed by atoms with Crippen molar-refractivity contribution in [1.82, 2.24) is 10.2 Å². The lowest BCUT2D eigenvalue weighted by atomic mass is 9.92. The van der Waals surface area contributed by atoms with E-state index >= 15 is 0 Å². The lowest BCUT2D eigenvalue weighted by molar-refractivity contribution is -0.129. The third-order valence-electron chi connectivity index (χ3n) is 4.33. The third kappa shape index (κ3) is 3.84. The molecule has 1 fully saturated rings. The first kappa shape index (κ1) is 17.3. The van der Waals surface area contributed by atoms with Crippen molar-refractivity contribution in [1.29, 1.82) is 0 Å². The zero-order valence-corrected chi connectivity index (χ0v) is 14.2. The molecular weight excluding hydrogens is 292 g/mol. The van der Waals surface area contributed by atoms with Gasteiger partial charge >= 0.3 is 0 Å². The van der Waals surface area contributed by atoms with Gasteiger partial charge in [-0.1, -0.05) is 25.5 Å². The molecule has 1 aromatic rings. The zero-order valence-electron chi connectivity index (χ0n) is 14.2. The van der Waals surface area contributed by atoms with Gasteiger partial charge in [-0.05, 0) is 31.0 Å². The van der Waals surface area contributed by atoms with E-state index in [2.05, 4.69) is 12.2 Å². The molecule has 0 aromatic heterocycles. The predicted octanol–water partition coefficient (Wildman–Crippen LogP) is 2.52. The number of unbranched alkanes of at least 4 members (excludes halogenated alkanes) is 1. The molecule has 2 unspecified atom stereocenters. The van der Waals surface area contributed by atoms with Gasteiger partial charge < -0.3 is 15.0 Å². The minimum absolute atomic E-state index is 0.0410. The Hall–Kier alpha value is -2.04. The van der Waals surface area contributed by atoms with Crippen LogP contribution in [0.5, 0.6) is 5.75 Å². The smallest absolute Gasteiger partial charge is 0.226 e. The Labute approximate surface area is 138 Å². The number of likely N-dealkylation sites (tertiary alicyclic amines) is 1. The Morgan fingerprint density at radius 3 is 2.57 bits per heavy atom. The molecule has 126 valence electrons. The molecule has 23 heavy (non-hydrogen) atoms. The number of ether oxygens (including phenoxy) is 1. The van der Waals surface area contributed by atoms with E-state index in [-0.39, 0.29) is 30.2 Å². The summed E-state index contributed by atoms with van der Waals surface area (Å²) in [7, 11) is 1.62. The Balaban J connectivity index is 2.31. The number of carbonyl (C=O) groups excluding carboxylic acids is 2. The molecule has 5 nitrogen and oxygen atoms in total. The van der Waals surface area contributed by atoms with Crippen molar-refractivity contribution in [2.75, 3.05) is 20.2 Å². The molecule has 1 aliphatic heterocycles. The van der Waals surface area contributed by atoms with E-state index in [1.807, 2.05) is 36.1 Å². The van der Waals surface area contributed by atoms with Gasteiger partial charge in [0.1, 0.15) is 5.75 Å². The molecule has 1 N–H and O–H groups in total. The molecule has 2 rings (SSSR count). The van der Waals surface area contributed by atoms with Crippen molar-refractivity contribution in [2.24, 2.45) is 5.92 Å². The van der Waals surface area contributed by atoms with Gasteiger partial charge in [-0.15, -0.1) is 0 Å². The van der Waals surface area contributed by atoms with E-state index in [4.69, 9.17) is 4.74 Å². The molecule has 1 saturated heterocycles. The zero-order chi connectivity index (χ0) is 16.8. The summed E-state index contributed by atoms with van der Waals surface area (Å²) in [6.45, 7) is 5.27. The van der Waals surface area contributed by atoms with E-state index in [9.17, 15) is 9.59 Å². The molecule has 0 spiro atoms. The number of hydrogen-bond donors (Lipinski definition) is 1. The molecule has 0 aliphatic carbocycles. The van der Waals surface area contributed by atoms with Crippen molar-refractivity contribution in [3.63, 3.8) is 0 Å². The van der Waals surface area contributed by atoms with Gasteiger partial charge in [-0.3, -0.25) is 9.59 Å². The molecule has 5 heteroatoms. The molecule has 2 amide bonds. The standard InChI is InChI=1S/C18H26N2O3/c1-4-6-11-20-16(21)12-15(18(22)19-5-2)17(20)13-7-9-14(23-3)10-8-13/h7-10,15,17H,4-6,11-12H2,1-3H3,(H,19,22). The van der Waals surface area contributed by atoms with Gasteiger partial charge in [0.25, 0.3) is 0 Å². The number of hydrogen-bond acceptors (Lipinski definition) is 3. The van der Waals surface area contributed by atoms with E-state index in [0.717, 1.165) is 24.2 Å². The number of rotatable bonds is 7. The normalized spacial score (nSPS) is 20.7. The lowest BCUT2D eigenvalue weighted by Gasteiger charge is -2.28. The molecule has 0 saturated carbocycles. The maximum atomic E-state index is 12.4. The Morgan fingerprint density at radius 1 is 1.30 bits per heavy atom. The lowest BCUT2D eigenvalue weighted by Crippen LogP contribution is -2.36. The highest BCUT2D eigenvalue weighted by Crippen LogP contribution is 2.39. The summed E-state index contributed by atoms with van der Waals surface area (Å²) in [6.07, 6.45) is 2.25. The maximum absolute atomic E-state index is 12.4. The van der Waals surface area contributed by atoms with E-state index in [0.29, 0.717) is 13.1 Å². The first-order valence-corrected chi connectivity index (χ1v) is 8.33. The SMILES string of the molecule is CCCCN1C(=O)CC(C(=O)NCC)C1c1ccc(OC)cc1. The van der Waals surface area contributed by atoms with E-state index in [1.165, 1.54) is 0 Å². The highest BCUT2D eigenvalue weighted by molar-refractivity contribution is 5.90. The quantitative estimate of drug-likeness (QED) is 0.840. The van der Waals surface area contributed by atoms with Crippen LogP contribution in [0.2, 0.25) is 0 Å². The first-order valence-electron chi connectivity index (χ1n) is 8.33. The van der Waals surface area contributed by atoms with Gasteiger partial charge in [-0.25, -0.2) is 0 Å². The second-order valence-electron chi connectivity index (χ2n) is 5.86. The van der Waals surface area contributed by atoms with Crippen LogP contribution in [0.4, 0.5) is 0 Å². The Bertz CT molecular complexity index is 542. The van der Waals surface area contributed by atoms with Gasteiger partial charge in [0.15, 0.2) is 0 Å². The molecule has 0 radical (unpaired) electrons. The summed E-state index contributed by atoms with van der Waals surface area (Å²) in [5, 5.41) is 2.86. The van der Waals surface area contributed by atoms with Crippen LogP contribution in [0.1, 0.15) is 44.7 Å². The van der Waals surface area contributed by atoms with Gasteiger partial charge in [0, 0.05) is 19.5 Å². The van der Waals surface area contributed by atoms with Crippen LogP contribution < -0.4 is 10.1 Å². The monoisotopic (exact) mass is 318 g/mol. The Kier molecular flexibility index (Phi) is 6.02. The van der Waals surface area contributed by atoms with Crippen LogP contribution in [0.15, 0.2) is 24.3 Å². The van der Waals surface area contributed by atoms with Crippen LogP contribution >= 0.6 is 0 Å². The third-order valence-corrected chi connectivity index (χ3v) is 4.33. The van der Waals surface area contributed by atoms with Crippen LogP contribution in [-0.4, -0.2) is 36.9 Å². The summed E-state index contributed by atoms with van der Waals surface area (Å²) < 4.78 is 5.20.